The lowest BCUT2D eigenvalue weighted by atomic mass is 9.86. The quantitative estimate of drug-likeness (QED) is 0.684. The van der Waals surface area contributed by atoms with Gasteiger partial charge in [-0.3, -0.25) is 9.69 Å². The lowest BCUT2D eigenvalue weighted by Gasteiger charge is -2.37. The van der Waals surface area contributed by atoms with Gasteiger partial charge in [-0.1, -0.05) is 67.6 Å². The molecular formula is C24H34N4O2. The second-order valence-corrected chi connectivity index (χ2v) is 8.85. The summed E-state index contributed by atoms with van der Waals surface area (Å²) in [5.74, 6) is 2.49. The second kappa shape index (κ2) is 10.2. The first-order valence-corrected chi connectivity index (χ1v) is 11.6. The maximum atomic E-state index is 12.6. The van der Waals surface area contributed by atoms with Crippen molar-refractivity contribution in [3.05, 3.63) is 47.6 Å². The van der Waals surface area contributed by atoms with Gasteiger partial charge in [0, 0.05) is 39.0 Å². The molecule has 30 heavy (non-hydrogen) atoms. The van der Waals surface area contributed by atoms with Gasteiger partial charge in [0.1, 0.15) is 0 Å². The number of piperazine rings is 1. The van der Waals surface area contributed by atoms with E-state index in [2.05, 4.69) is 34.1 Å². The molecule has 162 valence electrons. The molecule has 6 heteroatoms. The summed E-state index contributed by atoms with van der Waals surface area (Å²) >= 11 is 0. The molecule has 1 aliphatic carbocycles. The Labute approximate surface area is 179 Å². The summed E-state index contributed by atoms with van der Waals surface area (Å²) in [5, 5.41) is 4.16. The molecule has 1 amide bonds. The van der Waals surface area contributed by atoms with Gasteiger partial charge in [-0.15, -0.1) is 0 Å². The van der Waals surface area contributed by atoms with Gasteiger partial charge in [0.15, 0.2) is 5.82 Å². The zero-order valence-electron chi connectivity index (χ0n) is 18.1. The van der Waals surface area contributed by atoms with Crippen LogP contribution in [-0.2, 0) is 11.2 Å². The highest BCUT2D eigenvalue weighted by Gasteiger charge is 2.28. The molecule has 0 radical (unpaired) electrons. The van der Waals surface area contributed by atoms with E-state index in [0.717, 1.165) is 44.3 Å². The fraction of sp³-hybridized carbons (Fsp3) is 0.625. The molecule has 0 N–H and O–H groups in total. The van der Waals surface area contributed by atoms with Gasteiger partial charge >= 0.3 is 0 Å². The molecule has 0 bridgehead atoms. The minimum absolute atomic E-state index is 0.0708. The summed E-state index contributed by atoms with van der Waals surface area (Å²) < 4.78 is 5.55. The Kier molecular flexibility index (Phi) is 7.16. The number of aromatic nitrogens is 2. The fourth-order valence-corrected chi connectivity index (χ4v) is 4.76. The molecule has 1 aromatic carbocycles. The van der Waals surface area contributed by atoms with Crippen molar-refractivity contribution in [2.24, 2.45) is 5.92 Å². The van der Waals surface area contributed by atoms with Gasteiger partial charge in [-0.05, 0) is 24.8 Å². The van der Waals surface area contributed by atoms with E-state index in [1.807, 2.05) is 23.1 Å². The van der Waals surface area contributed by atoms with Gasteiger partial charge in [-0.2, -0.15) is 4.98 Å². The third kappa shape index (κ3) is 5.48. The van der Waals surface area contributed by atoms with Crippen LogP contribution in [0.3, 0.4) is 0 Å². The zero-order valence-corrected chi connectivity index (χ0v) is 18.1. The number of nitrogens with zero attached hydrogens (tertiary/aromatic N) is 4. The third-order valence-electron chi connectivity index (χ3n) is 6.75. The smallest absolute Gasteiger partial charge is 0.243 e. The Bertz CT molecular complexity index is 793. The predicted molar refractivity (Wildman–Crippen MR) is 116 cm³/mol. The average molecular weight is 411 g/mol. The van der Waals surface area contributed by atoms with Crippen LogP contribution in [0.15, 0.2) is 34.9 Å². The van der Waals surface area contributed by atoms with E-state index < -0.39 is 0 Å². The summed E-state index contributed by atoms with van der Waals surface area (Å²) in [4.78, 5) is 21.6. The van der Waals surface area contributed by atoms with Crippen molar-refractivity contribution in [3.63, 3.8) is 0 Å². The Morgan fingerprint density at radius 3 is 2.57 bits per heavy atom. The van der Waals surface area contributed by atoms with Gasteiger partial charge in [0.2, 0.25) is 11.8 Å². The molecule has 1 atom stereocenters. The van der Waals surface area contributed by atoms with Gasteiger partial charge in [0.05, 0.1) is 6.04 Å². The highest BCUT2D eigenvalue weighted by Crippen LogP contribution is 2.28. The van der Waals surface area contributed by atoms with Crippen molar-refractivity contribution in [3.8, 4) is 0 Å². The Hall–Kier alpha value is -2.21. The number of carbonyl (C=O) groups is 1. The molecule has 1 saturated heterocycles. The van der Waals surface area contributed by atoms with Crippen LogP contribution < -0.4 is 0 Å². The lowest BCUT2D eigenvalue weighted by molar-refractivity contribution is -0.133. The van der Waals surface area contributed by atoms with Crippen molar-refractivity contribution in [2.45, 2.75) is 64.3 Å². The van der Waals surface area contributed by atoms with Gasteiger partial charge in [0.25, 0.3) is 0 Å². The summed E-state index contributed by atoms with van der Waals surface area (Å²) in [6, 6.07) is 10.3. The molecule has 6 nitrogen and oxygen atoms in total. The molecule has 2 fully saturated rings. The maximum absolute atomic E-state index is 12.6. The molecule has 1 aliphatic heterocycles. The van der Waals surface area contributed by atoms with Gasteiger partial charge < -0.3 is 9.42 Å². The molecule has 1 saturated carbocycles. The number of rotatable bonds is 7. The monoisotopic (exact) mass is 410 g/mol. The van der Waals surface area contributed by atoms with Crippen molar-refractivity contribution in [2.75, 3.05) is 26.2 Å². The Balaban J connectivity index is 1.23. The molecule has 4 rings (SSSR count). The molecule has 2 heterocycles. The van der Waals surface area contributed by atoms with E-state index in [4.69, 9.17) is 4.52 Å². The molecule has 1 aromatic heterocycles. The summed E-state index contributed by atoms with van der Waals surface area (Å²) in [7, 11) is 0. The number of carbonyl (C=O) groups excluding carboxylic acids is 1. The first kappa shape index (κ1) is 21.0. The van der Waals surface area contributed by atoms with Crippen LogP contribution in [-0.4, -0.2) is 52.0 Å². The van der Waals surface area contributed by atoms with Crippen LogP contribution in [0.5, 0.6) is 0 Å². The van der Waals surface area contributed by atoms with Crippen molar-refractivity contribution in [1.29, 1.82) is 0 Å². The minimum Gasteiger partial charge on any atom is -0.340 e. The van der Waals surface area contributed by atoms with Crippen LogP contribution in [0.4, 0.5) is 0 Å². The number of hydrogen-bond donors (Lipinski definition) is 0. The van der Waals surface area contributed by atoms with E-state index in [-0.39, 0.29) is 6.04 Å². The molecule has 2 aliphatic rings. The van der Waals surface area contributed by atoms with E-state index in [0.29, 0.717) is 24.6 Å². The Morgan fingerprint density at radius 2 is 1.83 bits per heavy atom. The predicted octanol–water partition coefficient (Wildman–Crippen LogP) is 4.23. The largest absolute Gasteiger partial charge is 0.340 e. The molecule has 0 spiro atoms. The van der Waals surface area contributed by atoms with Crippen molar-refractivity contribution < 1.29 is 9.32 Å². The van der Waals surface area contributed by atoms with E-state index in [1.54, 1.807) is 0 Å². The van der Waals surface area contributed by atoms with E-state index in [1.165, 1.54) is 37.7 Å². The molecular weight excluding hydrogens is 376 g/mol. The zero-order chi connectivity index (χ0) is 20.8. The number of amides is 1. The number of benzene rings is 1. The lowest BCUT2D eigenvalue weighted by Crippen LogP contribution is -2.49. The van der Waals surface area contributed by atoms with E-state index in [9.17, 15) is 4.79 Å². The van der Waals surface area contributed by atoms with Crippen LogP contribution in [0.2, 0.25) is 0 Å². The standard InChI is InChI=1S/C24H34N4O2/c1-19(24-25-22(26-30-24)18-21-10-6-3-7-11-21)27-14-16-28(17-15-27)23(29)13-12-20-8-4-2-5-9-20/h3,6-7,10-11,19-20H,2,4-5,8-9,12-18H2,1H3. The first-order chi connectivity index (χ1) is 14.7. The molecule has 2 aromatic rings. The van der Waals surface area contributed by atoms with Crippen LogP contribution in [0, 0.1) is 5.92 Å². The van der Waals surface area contributed by atoms with Crippen LogP contribution >= 0.6 is 0 Å². The molecule has 1 unspecified atom stereocenters. The van der Waals surface area contributed by atoms with Crippen molar-refractivity contribution >= 4 is 5.91 Å². The minimum atomic E-state index is 0.0708. The van der Waals surface area contributed by atoms with Crippen LogP contribution in [0.25, 0.3) is 0 Å². The van der Waals surface area contributed by atoms with Gasteiger partial charge in [-0.25, -0.2) is 0 Å². The first-order valence-electron chi connectivity index (χ1n) is 11.6. The normalized spacial score (nSPS) is 19.7. The van der Waals surface area contributed by atoms with Crippen LogP contribution in [0.1, 0.15) is 75.2 Å². The highest BCUT2D eigenvalue weighted by molar-refractivity contribution is 5.76. The summed E-state index contributed by atoms with van der Waals surface area (Å²) in [6.45, 7) is 5.40. The third-order valence-corrected chi connectivity index (χ3v) is 6.75. The average Bonchev–Trinajstić information content (AvgIpc) is 3.27. The SMILES string of the molecule is CC(c1nc(Cc2ccccc2)no1)N1CCN(C(=O)CCC2CCCCC2)CC1. The fourth-order valence-electron chi connectivity index (χ4n) is 4.76. The summed E-state index contributed by atoms with van der Waals surface area (Å²) in [6.07, 6.45) is 9.16. The summed E-state index contributed by atoms with van der Waals surface area (Å²) in [5.41, 5.74) is 1.18. The van der Waals surface area contributed by atoms with Crippen molar-refractivity contribution in [1.82, 2.24) is 19.9 Å². The van der Waals surface area contributed by atoms with E-state index >= 15 is 0 Å². The Morgan fingerprint density at radius 1 is 1.10 bits per heavy atom. The topological polar surface area (TPSA) is 62.5 Å². The second-order valence-electron chi connectivity index (χ2n) is 8.85. The maximum Gasteiger partial charge on any atom is 0.243 e. The highest BCUT2D eigenvalue weighted by atomic mass is 16.5. The number of hydrogen-bond acceptors (Lipinski definition) is 5.